The van der Waals surface area contributed by atoms with Crippen LogP contribution < -0.4 is 5.32 Å². The molecule has 0 aliphatic heterocycles. The van der Waals surface area contributed by atoms with E-state index < -0.39 is 5.95 Å². The Hall–Kier alpha value is -2.53. The number of nitrogens with zero attached hydrogens (tertiary/aromatic N) is 1. The standard InChI is InChI=1S/C16H11FN2OS/c17-15-10-11(7-8-18-15)16(20)19-13-5-2-1-4-12(13)14-6-3-9-21-14/h1-10H,(H,19,20). The topological polar surface area (TPSA) is 42.0 Å². The average molecular weight is 298 g/mol. The van der Waals surface area contributed by atoms with E-state index in [1.807, 2.05) is 41.8 Å². The summed E-state index contributed by atoms with van der Waals surface area (Å²) in [7, 11) is 0. The molecular weight excluding hydrogens is 287 g/mol. The molecule has 0 saturated heterocycles. The molecule has 0 atom stereocenters. The van der Waals surface area contributed by atoms with E-state index in [-0.39, 0.29) is 11.5 Å². The van der Waals surface area contributed by atoms with Crippen LogP contribution in [0, 0.1) is 5.95 Å². The van der Waals surface area contributed by atoms with E-state index in [1.54, 1.807) is 11.3 Å². The Bertz CT molecular complexity index is 771. The number of hydrogen-bond acceptors (Lipinski definition) is 3. The van der Waals surface area contributed by atoms with E-state index in [0.29, 0.717) is 5.69 Å². The van der Waals surface area contributed by atoms with Crippen LogP contribution in [0.25, 0.3) is 10.4 Å². The molecule has 1 aromatic carbocycles. The lowest BCUT2D eigenvalue weighted by Gasteiger charge is -2.09. The van der Waals surface area contributed by atoms with E-state index in [2.05, 4.69) is 10.3 Å². The number of para-hydroxylation sites is 1. The van der Waals surface area contributed by atoms with Crippen molar-refractivity contribution in [3.05, 3.63) is 71.6 Å². The van der Waals surface area contributed by atoms with Crippen molar-refractivity contribution in [1.82, 2.24) is 4.98 Å². The monoisotopic (exact) mass is 298 g/mol. The Morgan fingerprint density at radius 2 is 2.00 bits per heavy atom. The largest absolute Gasteiger partial charge is 0.321 e. The first-order valence-electron chi connectivity index (χ1n) is 6.30. The molecule has 2 aromatic heterocycles. The zero-order valence-electron chi connectivity index (χ0n) is 10.9. The molecule has 0 radical (unpaired) electrons. The number of thiophene rings is 1. The lowest BCUT2D eigenvalue weighted by molar-refractivity contribution is 0.102. The molecule has 0 spiro atoms. The van der Waals surface area contributed by atoms with Crippen LogP contribution in [-0.4, -0.2) is 10.9 Å². The Kier molecular flexibility index (Phi) is 3.75. The smallest absolute Gasteiger partial charge is 0.255 e. The fourth-order valence-electron chi connectivity index (χ4n) is 1.98. The van der Waals surface area contributed by atoms with Crippen molar-refractivity contribution in [3.8, 4) is 10.4 Å². The Balaban J connectivity index is 1.90. The summed E-state index contributed by atoms with van der Waals surface area (Å²) in [6.45, 7) is 0. The van der Waals surface area contributed by atoms with Crippen molar-refractivity contribution in [2.75, 3.05) is 5.32 Å². The molecular formula is C16H11FN2OS. The van der Waals surface area contributed by atoms with Crippen molar-refractivity contribution in [2.45, 2.75) is 0 Å². The van der Waals surface area contributed by atoms with E-state index in [9.17, 15) is 9.18 Å². The number of nitrogens with one attached hydrogen (secondary N) is 1. The fourth-order valence-corrected chi connectivity index (χ4v) is 2.74. The zero-order chi connectivity index (χ0) is 14.7. The second-order valence-electron chi connectivity index (χ2n) is 4.34. The summed E-state index contributed by atoms with van der Waals surface area (Å²) in [5.41, 5.74) is 1.88. The summed E-state index contributed by atoms with van der Waals surface area (Å²) in [5, 5.41) is 4.79. The van der Waals surface area contributed by atoms with Crippen LogP contribution in [0.2, 0.25) is 0 Å². The molecule has 2 heterocycles. The van der Waals surface area contributed by atoms with Crippen molar-refractivity contribution >= 4 is 22.9 Å². The highest BCUT2D eigenvalue weighted by Gasteiger charge is 2.11. The maximum atomic E-state index is 13.1. The minimum absolute atomic E-state index is 0.239. The normalized spacial score (nSPS) is 10.3. The Labute approximate surface area is 125 Å². The average Bonchev–Trinajstić information content (AvgIpc) is 3.02. The summed E-state index contributed by atoms with van der Waals surface area (Å²) in [6, 6.07) is 14.1. The molecule has 0 aliphatic carbocycles. The summed E-state index contributed by atoms with van der Waals surface area (Å²) >= 11 is 1.59. The highest BCUT2D eigenvalue weighted by Crippen LogP contribution is 2.31. The van der Waals surface area contributed by atoms with Crippen LogP contribution in [-0.2, 0) is 0 Å². The van der Waals surface area contributed by atoms with Crippen LogP contribution in [0.1, 0.15) is 10.4 Å². The molecule has 0 saturated carbocycles. The predicted molar refractivity (Wildman–Crippen MR) is 81.9 cm³/mol. The SMILES string of the molecule is O=C(Nc1ccccc1-c1cccs1)c1ccnc(F)c1. The number of hydrogen-bond donors (Lipinski definition) is 1. The first-order chi connectivity index (χ1) is 10.2. The Morgan fingerprint density at radius 1 is 1.14 bits per heavy atom. The van der Waals surface area contributed by atoms with Crippen molar-refractivity contribution in [3.63, 3.8) is 0 Å². The minimum atomic E-state index is -0.672. The van der Waals surface area contributed by atoms with Crippen LogP contribution in [0.5, 0.6) is 0 Å². The first-order valence-corrected chi connectivity index (χ1v) is 7.18. The summed E-state index contributed by atoms with van der Waals surface area (Å²) < 4.78 is 13.1. The number of rotatable bonds is 3. The van der Waals surface area contributed by atoms with Gasteiger partial charge in [-0.2, -0.15) is 4.39 Å². The van der Waals surface area contributed by atoms with Gasteiger partial charge in [-0.25, -0.2) is 4.98 Å². The van der Waals surface area contributed by atoms with Gasteiger partial charge in [-0.1, -0.05) is 24.3 Å². The van der Waals surface area contributed by atoms with Crippen LogP contribution in [0.15, 0.2) is 60.1 Å². The maximum Gasteiger partial charge on any atom is 0.255 e. The third-order valence-electron chi connectivity index (χ3n) is 2.95. The summed E-state index contributed by atoms with van der Waals surface area (Å²) in [4.78, 5) is 16.7. The van der Waals surface area contributed by atoms with Crippen LogP contribution in [0.3, 0.4) is 0 Å². The molecule has 3 rings (SSSR count). The quantitative estimate of drug-likeness (QED) is 0.736. The van der Waals surface area contributed by atoms with E-state index >= 15 is 0 Å². The highest BCUT2D eigenvalue weighted by molar-refractivity contribution is 7.13. The molecule has 1 amide bonds. The summed E-state index contributed by atoms with van der Waals surface area (Å²) in [6.07, 6.45) is 1.27. The second kappa shape index (κ2) is 5.85. The van der Waals surface area contributed by atoms with Gasteiger partial charge < -0.3 is 5.32 Å². The molecule has 5 heteroatoms. The van der Waals surface area contributed by atoms with Gasteiger partial charge in [-0.3, -0.25) is 4.79 Å². The number of benzene rings is 1. The van der Waals surface area contributed by atoms with Gasteiger partial charge in [0.15, 0.2) is 0 Å². The first kappa shape index (κ1) is 13.5. The highest BCUT2D eigenvalue weighted by atomic mass is 32.1. The van der Waals surface area contributed by atoms with Gasteiger partial charge in [-0.05, 0) is 23.6 Å². The molecule has 0 fully saturated rings. The predicted octanol–water partition coefficient (Wildman–Crippen LogP) is 4.20. The minimum Gasteiger partial charge on any atom is -0.321 e. The number of aromatic nitrogens is 1. The zero-order valence-corrected chi connectivity index (χ0v) is 11.7. The van der Waals surface area contributed by atoms with Gasteiger partial charge in [0.2, 0.25) is 5.95 Å². The molecule has 104 valence electrons. The van der Waals surface area contributed by atoms with E-state index in [1.165, 1.54) is 12.3 Å². The van der Waals surface area contributed by atoms with Gasteiger partial charge in [0.05, 0.1) is 0 Å². The number of amides is 1. The fraction of sp³-hybridized carbons (Fsp3) is 0. The molecule has 0 aliphatic rings. The number of carbonyl (C=O) groups is 1. The number of pyridine rings is 1. The van der Waals surface area contributed by atoms with Crippen LogP contribution in [0.4, 0.5) is 10.1 Å². The van der Waals surface area contributed by atoms with Gasteiger partial charge >= 0.3 is 0 Å². The van der Waals surface area contributed by atoms with Gasteiger partial charge in [-0.15, -0.1) is 11.3 Å². The third kappa shape index (κ3) is 2.98. The molecule has 1 N–H and O–H groups in total. The molecule has 3 aromatic rings. The van der Waals surface area contributed by atoms with E-state index in [0.717, 1.165) is 16.5 Å². The van der Waals surface area contributed by atoms with Crippen molar-refractivity contribution in [1.29, 1.82) is 0 Å². The number of anilines is 1. The molecule has 21 heavy (non-hydrogen) atoms. The van der Waals surface area contributed by atoms with Crippen molar-refractivity contribution < 1.29 is 9.18 Å². The van der Waals surface area contributed by atoms with E-state index in [4.69, 9.17) is 0 Å². The van der Waals surface area contributed by atoms with Crippen LogP contribution >= 0.6 is 11.3 Å². The lowest BCUT2D eigenvalue weighted by atomic mass is 10.1. The number of halogens is 1. The van der Waals surface area contributed by atoms with Gasteiger partial charge in [0.1, 0.15) is 0 Å². The molecule has 0 unspecified atom stereocenters. The lowest BCUT2D eigenvalue weighted by Crippen LogP contribution is -2.13. The molecule has 0 bridgehead atoms. The molecule has 3 nitrogen and oxygen atoms in total. The maximum absolute atomic E-state index is 13.1. The van der Waals surface area contributed by atoms with Crippen molar-refractivity contribution in [2.24, 2.45) is 0 Å². The van der Waals surface area contributed by atoms with Gasteiger partial charge in [0.25, 0.3) is 5.91 Å². The third-order valence-corrected chi connectivity index (χ3v) is 3.85. The number of carbonyl (C=O) groups excluding carboxylic acids is 1. The van der Waals surface area contributed by atoms with Gasteiger partial charge in [0, 0.05) is 34.0 Å². The second-order valence-corrected chi connectivity index (χ2v) is 5.29. The Morgan fingerprint density at radius 3 is 2.76 bits per heavy atom. The summed E-state index contributed by atoms with van der Waals surface area (Å²) in [5.74, 6) is -1.03.